The SMILES string of the molecule is Cc1cc(C)c2c(CC(=O)N3CCN(C(c4ccccc4)c4ccccc4)CC3)coc2c1C. The minimum absolute atomic E-state index is 0.177. The second kappa shape index (κ2) is 9.47. The van der Waals surface area contributed by atoms with E-state index in [0.29, 0.717) is 6.42 Å². The van der Waals surface area contributed by atoms with E-state index in [4.69, 9.17) is 4.42 Å². The standard InChI is InChI=1S/C30H32N2O2/c1-21-18-22(2)28-26(20-34-30(28)23(21)3)19-27(33)31-14-16-32(17-15-31)29(24-10-6-4-7-11-24)25-12-8-5-9-13-25/h4-13,18,20,29H,14-17,19H2,1-3H3. The first-order valence-electron chi connectivity index (χ1n) is 12.1. The Kier molecular flexibility index (Phi) is 6.25. The molecule has 1 amide bonds. The summed E-state index contributed by atoms with van der Waals surface area (Å²) in [5.41, 5.74) is 8.04. The maximum absolute atomic E-state index is 13.3. The summed E-state index contributed by atoms with van der Waals surface area (Å²) in [6.45, 7) is 9.47. The molecule has 1 fully saturated rings. The molecule has 0 unspecified atom stereocenters. The molecule has 0 aliphatic carbocycles. The number of hydrogen-bond acceptors (Lipinski definition) is 3. The van der Waals surface area contributed by atoms with E-state index >= 15 is 0 Å². The van der Waals surface area contributed by atoms with Crippen molar-refractivity contribution in [2.24, 2.45) is 0 Å². The highest BCUT2D eigenvalue weighted by Crippen LogP contribution is 2.32. The van der Waals surface area contributed by atoms with Gasteiger partial charge in [0.25, 0.3) is 0 Å². The van der Waals surface area contributed by atoms with Gasteiger partial charge in [0.2, 0.25) is 5.91 Å². The Morgan fingerprint density at radius 3 is 2.03 bits per heavy atom. The zero-order valence-corrected chi connectivity index (χ0v) is 20.3. The number of fused-ring (bicyclic) bond motifs is 1. The van der Waals surface area contributed by atoms with Crippen molar-refractivity contribution in [2.75, 3.05) is 26.2 Å². The van der Waals surface area contributed by atoms with Gasteiger partial charge in [-0.1, -0.05) is 66.7 Å². The zero-order valence-electron chi connectivity index (χ0n) is 20.3. The second-order valence-corrected chi connectivity index (χ2v) is 9.42. The van der Waals surface area contributed by atoms with Gasteiger partial charge in [0.15, 0.2) is 0 Å². The number of piperazine rings is 1. The first-order valence-corrected chi connectivity index (χ1v) is 12.1. The molecule has 0 spiro atoms. The second-order valence-electron chi connectivity index (χ2n) is 9.42. The molecule has 4 nitrogen and oxygen atoms in total. The third-order valence-corrected chi connectivity index (χ3v) is 7.23. The Labute approximate surface area is 201 Å². The number of carbonyl (C=O) groups is 1. The first kappa shape index (κ1) is 22.4. The van der Waals surface area contributed by atoms with Gasteiger partial charge in [-0.15, -0.1) is 0 Å². The maximum Gasteiger partial charge on any atom is 0.227 e. The molecule has 4 heteroatoms. The number of amides is 1. The summed E-state index contributed by atoms with van der Waals surface area (Å²) in [6, 6.07) is 23.7. The molecule has 0 atom stereocenters. The Hall–Kier alpha value is -3.37. The van der Waals surface area contributed by atoms with Gasteiger partial charge in [-0.05, 0) is 48.6 Å². The lowest BCUT2D eigenvalue weighted by atomic mass is 9.96. The van der Waals surface area contributed by atoms with Crippen molar-refractivity contribution in [1.29, 1.82) is 0 Å². The van der Waals surface area contributed by atoms with Crippen LogP contribution in [-0.2, 0) is 11.2 Å². The number of aryl methyl sites for hydroxylation is 3. The fraction of sp³-hybridized carbons (Fsp3) is 0.300. The van der Waals surface area contributed by atoms with E-state index in [1.807, 2.05) is 4.90 Å². The molecule has 4 aromatic rings. The molecule has 0 saturated carbocycles. The van der Waals surface area contributed by atoms with Crippen LogP contribution in [0.1, 0.15) is 39.4 Å². The maximum atomic E-state index is 13.3. The molecule has 0 N–H and O–H groups in total. The van der Waals surface area contributed by atoms with Crippen LogP contribution in [0.4, 0.5) is 0 Å². The molecule has 0 radical (unpaired) electrons. The molecule has 1 aromatic heterocycles. The third-order valence-electron chi connectivity index (χ3n) is 7.23. The van der Waals surface area contributed by atoms with Crippen LogP contribution in [0.25, 0.3) is 11.0 Å². The van der Waals surface area contributed by atoms with E-state index < -0.39 is 0 Å². The molecular formula is C30H32N2O2. The number of carbonyl (C=O) groups excluding carboxylic acids is 1. The number of hydrogen-bond donors (Lipinski definition) is 0. The lowest BCUT2D eigenvalue weighted by Crippen LogP contribution is -2.50. The first-order chi connectivity index (χ1) is 16.5. The van der Waals surface area contributed by atoms with Crippen LogP contribution in [0, 0.1) is 20.8 Å². The van der Waals surface area contributed by atoms with Crippen LogP contribution in [0.2, 0.25) is 0 Å². The van der Waals surface area contributed by atoms with Crippen molar-refractivity contribution in [2.45, 2.75) is 33.2 Å². The van der Waals surface area contributed by atoms with E-state index in [-0.39, 0.29) is 11.9 Å². The minimum Gasteiger partial charge on any atom is -0.464 e. The molecular weight excluding hydrogens is 420 g/mol. The van der Waals surface area contributed by atoms with Crippen molar-refractivity contribution in [1.82, 2.24) is 9.80 Å². The predicted molar refractivity (Wildman–Crippen MR) is 137 cm³/mol. The Morgan fingerprint density at radius 1 is 0.853 bits per heavy atom. The molecule has 1 aliphatic rings. The van der Waals surface area contributed by atoms with Crippen LogP contribution in [-0.4, -0.2) is 41.9 Å². The Bertz CT molecular complexity index is 1250. The lowest BCUT2D eigenvalue weighted by molar-refractivity contribution is -0.132. The smallest absolute Gasteiger partial charge is 0.227 e. The van der Waals surface area contributed by atoms with Crippen LogP contribution in [0.3, 0.4) is 0 Å². The summed E-state index contributed by atoms with van der Waals surface area (Å²) in [5, 5.41) is 1.10. The fourth-order valence-electron chi connectivity index (χ4n) is 5.31. The molecule has 3 aromatic carbocycles. The molecule has 5 rings (SSSR count). The topological polar surface area (TPSA) is 36.7 Å². The van der Waals surface area contributed by atoms with Gasteiger partial charge >= 0.3 is 0 Å². The van der Waals surface area contributed by atoms with E-state index in [1.165, 1.54) is 22.3 Å². The third kappa shape index (κ3) is 4.26. The van der Waals surface area contributed by atoms with Crippen LogP contribution in [0.5, 0.6) is 0 Å². The summed E-state index contributed by atoms with van der Waals surface area (Å²) in [4.78, 5) is 17.8. The summed E-state index contributed by atoms with van der Waals surface area (Å²) in [6.07, 6.45) is 2.16. The van der Waals surface area contributed by atoms with Crippen molar-refractivity contribution in [3.63, 3.8) is 0 Å². The van der Waals surface area contributed by atoms with Crippen LogP contribution in [0.15, 0.2) is 77.4 Å². The summed E-state index contributed by atoms with van der Waals surface area (Å²) in [5.74, 6) is 0.177. The lowest BCUT2D eigenvalue weighted by Gasteiger charge is -2.39. The van der Waals surface area contributed by atoms with Gasteiger partial charge in [0.05, 0.1) is 18.7 Å². The van der Waals surface area contributed by atoms with E-state index in [0.717, 1.165) is 48.3 Å². The zero-order chi connectivity index (χ0) is 23.7. The number of rotatable bonds is 5. The molecule has 1 aliphatic heterocycles. The highest BCUT2D eigenvalue weighted by Gasteiger charge is 2.28. The number of nitrogens with zero attached hydrogens (tertiary/aromatic N) is 2. The van der Waals surface area contributed by atoms with Crippen molar-refractivity contribution < 1.29 is 9.21 Å². The van der Waals surface area contributed by atoms with Gasteiger partial charge in [0, 0.05) is 37.1 Å². The number of benzene rings is 3. The fourth-order valence-corrected chi connectivity index (χ4v) is 5.31. The normalized spacial score (nSPS) is 14.8. The van der Waals surface area contributed by atoms with E-state index in [9.17, 15) is 4.79 Å². The summed E-state index contributed by atoms with van der Waals surface area (Å²) >= 11 is 0. The summed E-state index contributed by atoms with van der Waals surface area (Å²) < 4.78 is 5.90. The monoisotopic (exact) mass is 452 g/mol. The van der Waals surface area contributed by atoms with E-state index in [2.05, 4.69) is 92.4 Å². The average molecular weight is 453 g/mol. The minimum atomic E-state index is 0.177. The van der Waals surface area contributed by atoms with Gasteiger partial charge in [0.1, 0.15) is 5.58 Å². The number of furan rings is 1. The summed E-state index contributed by atoms with van der Waals surface area (Å²) in [7, 11) is 0. The molecule has 0 bridgehead atoms. The van der Waals surface area contributed by atoms with Crippen molar-refractivity contribution in [3.8, 4) is 0 Å². The molecule has 2 heterocycles. The van der Waals surface area contributed by atoms with Gasteiger partial charge in [-0.3, -0.25) is 9.69 Å². The average Bonchev–Trinajstić information content (AvgIpc) is 3.29. The van der Waals surface area contributed by atoms with Gasteiger partial charge < -0.3 is 9.32 Å². The molecule has 1 saturated heterocycles. The van der Waals surface area contributed by atoms with Gasteiger partial charge in [-0.2, -0.15) is 0 Å². The van der Waals surface area contributed by atoms with Crippen molar-refractivity contribution >= 4 is 16.9 Å². The molecule has 34 heavy (non-hydrogen) atoms. The van der Waals surface area contributed by atoms with Crippen molar-refractivity contribution in [3.05, 3.63) is 106 Å². The largest absolute Gasteiger partial charge is 0.464 e. The Morgan fingerprint density at radius 2 is 1.44 bits per heavy atom. The quantitative estimate of drug-likeness (QED) is 0.382. The van der Waals surface area contributed by atoms with E-state index in [1.54, 1.807) is 6.26 Å². The highest BCUT2D eigenvalue weighted by atomic mass is 16.3. The molecule has 174 valence electrons. The predicted octanol–water partition coefficient (Wildman–Crippen LogP) is 5.83. The van der Waals surface area contributed by atoms with Crippen LogP contribution < -0.4 is 0 Å². The Balaban J connectivity index is 1.31. The van der Waals surface area contributed by atoms with Crippen LogP contribution >= 0.6 is 0 Å². The van der Waals surface area contributed by atoms with Gasteiger partial charge in [-0.25, -0.2) is 0 Å². The highest BCUT2D eigenvalue weighted by molar-refractivity contribution is 5.92.